The Kier molecular flexibility index (Phi) is 7.11. The van der Waals surface area contributed by atoms with Gasteiger partial charge in [0.25, 0.3) is 0 Å². The number of benzene rings is 1. The van der Waals surface area contributed by atoms with Gasteiger partial charge < -0.3 is 10.2 Å². The maximum Gasteiger partial charge on any atom is 0.123 e. The SMILES string of the molecule is CCNC(Cc1cc(F)ccc1Cl)C(CC)(CC)N(C)C. The molecule has 1 aromatic rings. The van der Waals surface area contributed by atoms with E-state index in [4.69, 9.17) is 11.6 Å². The lowest BCUT2D eigenvalue weighted by atomic mass is 9.80. The Hall–Kier alpha value is -0.640. The zero-order chi connectivity index (χ0) is 16.0. The molecule has 4 heteroatoms. The second-order valence-corrected chi connectivity index (χ2v) is 6.16. The van der Waals surface area contributed by atoms with E-state index in [2.05, 4.69) is 45.1 Å². The summed E-state index contributed by atoms with van der Waals surface area (Å²) in [4.78, 5) is 2.29. The summed E-state index contributed by atoms with van der Waals surface area (Å²) >= 11 is 6.25. The molecule has 0 saturated carbocycles. The van der Waals surface area contributed by atoms with Crippen LogP contribution in [0, 0.1) is 5.82 Å². The van der Waals surface area contributed by atoms with Crippen molar-refractivity contribution in [2.45, 2.75) is 51.6 Å². The molecule has 1 unspecified atom stereocenters. The fourth-order valence-corrected chi connectivity index (χ4v) is 3.50. The molecular weight excluding hydrogens is 287 g/mol. The van der Waals surface area contributed by atoms with Crippen LogP contribution in [0.25, 0.3) is 0 Å². The van der Waals surface area contributed by atoms with Crippen LogP contribution in [-0.4, -0.2) is 37.1 Å². The van der Waals surface area contributed by atoms with E-state index in [1.165, 1.54) is 6.07 Å². The van der Waals surface area contributed by atoms with E-state index >= 15 is 0 Å². The Morgan fingerprint density at radius 3 is 2.33 bits per heavy atom. The molecule has 0 bridgehead atoms. The summed E-state index contributed by atoms with van der Waals surface area (Å²) in [5.74, 6) is -0.229. The maximum atomic E-state index is 13.5. The van der Waals surface area contributed by atoms with Crippen LogP contribution in [0.3, 0.4) is 0 Å². The van der Waals surface area contributed by atoms with Crippen molar-refractivity contribution in [1.29, 1.82) is 0 Å². The number of rotatable bonds is 8. The molecule has 1 atom stereocenters. The van der Waals surface area contributed by atoms with Gasteiger partial charge in [0.05, 0.1) is 0 Å². The highest BCUT2D eigenvalue weighted by Gasteiger charge is 2.37. The summed E-state index contributed by atoms with van der Waals surface area (Å²) in [6.07, 6.45) is 2.78. The van der Waals surface area contributed by atoms with Gasteiger partial charge >= 0.3 is 0 Å². The van der Waals surface area contributed by atoms with E-state index in [1.54, 1.807) is 12.1 Å². The molecule has 0 amide bonds. The second-order valence-electron chi connectivity index (χ2n) is 5.76. The van der Waals surface area contributed by atoms with Crippen molar-refractivity contribution in [3.63, 3.8) is 0 Å². The van der Waals surface area contributed by atoms with Gasteiger partial charge in [0.2, 0.25) is 0 Å². The van der Waals surface area contributed by atoms with Crippen molar-refractivity contribution in [2.75, 3.05) is 20.6 Å². The predicted molar refractivity (Wildman–Crippen MR) is 89.6 cm³/mol. The van der Waals surface area contributed by atoms with Crippen LogP contribution in [0.15, 0.2) is 18.2 Å². The van der Waals surface area contributed by atoms with Gasteiger partial charge in [0, 0.05) is 16.6 Å². The summed E-state index contributed by atoms with van der Waals surface area (Å²) in [7, 11) is 4.23. The lowest BCUT2D eigenvalue weighted by Crippen LogP contribution is -2.59. The Morgan fingerprint density at radius 1 is 1.24 bits per heavy atom. The summed E-state index contributed by atoms with van der Waals surface area (Å²) in [5, 5.41) is 4.22. The van der Waals surface area contributed by atoms with Crippen molar-refractivity contribution >= 4 is 11.6 Å². The van der Waals surface area contributed by atoms with Crippen molar-refractivity contribution in [1.82, 2.24) is 10.2 Å². The van der Waals surface area contributed by atoms with Gasteiger partial charge in [0.15, 0.2) is 0 Å². The highest BCUT2D eigenvalue weighted by molar-refractivity contribution is 6.31. The number of nitrogens with one attached hydrogen (secondary N) is 1. The van der Waals surface area contributed by atoms with E-state index in [-0.39, 0.29) is 17.4 Å². The zero-order valence-corrected chi connectivity index (χ0v) is 14.6. The second kappa shape index (κ2) is 8.11. The molecule has 0 saturated heterocycles. The number of hydrogen-bond acceptors (Lipinski definition) is 2. The van der Waals surface area contributed by atoms with Crippen LogP contribution in [0.1, 0.15) is 39.2 Å². The summed E-state index contributed by atoms with van der Waals surface area (Å²) in [6, 6.07) is 4.84. The first-order chi connectivity index (χ1) is 9.91. The minimum absolute atomic E-state index is 0.0334. The molecule has 0 aliphatic heterocycles. The van der Waals surface area contributed by atoms with E-state index in [9.17, 15) is 4.39 Å². The van der Waals surface area contributed by atoms with Crippen LogP contribution in [0.4, 0.5) is 4.39 Å². The normalized spacial score (nSPS) is 13.7. The fourth-order valence-electron chi connectivity index (χ4n) is 3.31. The maximum absolute atomic E-state index is 13.5. The van der Waals surface area contributed by atoms with Gasteiger partial charge in [-0.1, -0.05) is 32.4 Å². The third-order valence-corrected chi connectivity index (χ3v) is 5.01. The van der Waals surface area contributed by atoms with E-state index in [1.807, 2.05) is 0 Å². The van der Waals surface area contributed by atoms with Gasteiger partial charge in [-0.15, -0.1) is 0 Å². The first kappa shape index (κ1) is 18.4. The van der Waals surface area contributed by atoms with Gasteiger partial charge in [-0.05, 0) is 63.7 Å². The third-order valence-electron chi connectivity index (χ3n) is 4.65. The lowest BCUT2D eigenvalue weighted by Gasteiger charge is -2.45. The van der Waals surface area contributed by atoms with Crippen molar-refractivity contribution < 1.29 is 4.39 Å². The first-order valence-corrected chi connectivity index (χ1v) is 8.13. The molecule has 0 aromatic heterocycles. The standard InChI is InChI=1S/C17H28ClFN2/c1-6-17(7-2,21(4)5)16(20-8-3)12-13-11-14(19)9-10-15(13)18/h9-11,16,20H,6-8,12H2,1-5H3. The number of hydrogen-bond donors (Lipinski definition) is 1. The molecule has 1 rings (SSSR count). The molecule has 0 aliphatic rings. The van der Waals surface area contributed by atoms with E-state index in [0.29, 0.717) is 5.02 Å². The van der Waals surface area contributed by atoms with Crippen molar-refractivity contribution in [3.05, 3.63) is 34.6 Å². The average molecular weight is 315 g/mol. The molecular formula is C17H28ClFN2. The molecule has 1 N–H and O–H groups in total. The fraction of sp³-hybridized carbons (Fsp3) is 0.647. The molecule has 0 heterocycles. The van der Waals surface area contributed by atoms with Gasteiger partial charge in [-0.3, -0.25) is 0 Å². The smallest absolute Gasteiger partial charge is 0.123 e. The topological polar surface area (TPSA) is 15.3 Å². The molecule has 1 aromatic carbocycles. The number of likely N-dealkylation sites (N-methyl/N-ethyl adjacent to an activating group) is 2. The van der Waals surface area contributed by atoms with Gasteiger partial charge in [-0.2, -0.15) is 0 Å². The average Bonchev–Trinajstić information content (AvgIpc) is 2.44. The Bertz CT molecular complexity index is 444. The van der Waals surface area contributed by atoms with Crippen molar-refractivity contribution in [2.24, 2.45) is 0 Å². The van der Waals surface area contributed by atoms with E-state index in [0.717, 1.165) is 31.4 Å². The predicted octanol–water partition coefficient (Wildman–Crippen LogP) is 4.12. The van der Waals surface area contributed by atoms with Crippen LogP contribution in [0.2, 0.25) is 5.02 Å². The Morgan fingerprint density at radius 2 is 1.86 bits per heavy atom. The van der Waals surface area contributed by atoms with Crippen LogP contribution in [-0.2, 0) is 6.42 Å². The zero-order valence-electron chi connectivity index (χ0n) is 13.8. The summed E-state index contributed by atoms with van der Waals surface area (Å²) < 4.78 is 13.5. The Balaban J connectivity index is 3.13. The number of nitrogens with zero attached hydrogens (tertiary/aromatic N) is 1. The van der Waals surface area contributed by atoms with Crippen molar-refractivity contribution in [3.8, 4) is 0 Å². The molecule has 21 heavy (non-hydrogen) atoms. The molecule has 0 spiro atoms. The summed E-state index contributed by atoms with van der Waals surface area (Å²) in [5.41, 5.74) is 0.904. The monoisotopic (exact) mass is 314 g/mol. The minimum Gasteiger partial charge on any atom is -0.312 e. The highest BCUT2D eigenvalue weighted by atomic mass is 35.5. The Labute approximate surface area is 133 Å². The highest BCUT2D eigenvalue weighted by Crippen LogP contribution is 2.30. The minimum atomic E-state index is -0.229. The quantitative estimate of drug-likeness (QED) is 0.776. The molecule has 0 aliphatic carbocycles. The van der Waals surface area contributed by atoms with Gasteiger partial charge in [-0.25, -0.2) is 4.39 Å². The van der Waals surface area contributed by atoms with Crippen LogP contribution in [0.5, 0.6) is 0 Å². The first-order valence-electron chi connectivity index (χ1n) is 7.76. The van der Waals surface area contributed by atoms with Gasteiger partial charge in [0.1, 0.15) is 5.82 Å². The molecule has 0 fully saturated rings. The van der Waals surface area contributed by atoms with Crippen LogP contribution < -0.4 is 5.32 Å². The van der Waals surface area contributed by atoms with E-state index < -0.39 is 0 Å². The largest absolute Gasteiger partial charge is 0.312 e. The summed E-state index contributed by atoms with van der Waals surface area (Å²) in [6.45, 7) is 7.40. The molecule has 0 radical (unpaired) electrons. The molecule has 2 nitrogen and oxygen atoms in total. The lowest BCUT2D eigenvalue weighted by molar-refractivity contribution is 0.0889. The molecule has 120 valence electrons. The third kappa shape index (κ3) is 4.18. The van der Waals surface area contributed by atoms with Crippen LogP contribution >= 0.6 is 11.6 Å². The number of halogens is 2.